The molecule has 31 heavy (non-hydrogen) atoms. The van der Waals surface area contributed by atoms with E-state index < -0.39 is 11.9 Å². The smallest absolute Gasteiger partial charge is 0.336 e. The van der Waals surface area contributed by atoms with Gasteiger partial charge in [-0.2, -0.15) is 0 Å². The zero-order chi connectivity index (χ0) is 23.4. The van der Waals surface area contributed by atoms with Gasteiger partial charge in [0, 0.05) is 6.42 Å². The van der Waals surface area contributed by atoms with Crippen LogP contribution in [0.4, 0.5) is 0 Å². The number of amides is 1. The summed E-state index contributed by atoms with van der Waals surface area (Å²) in [5, 5.41) is 20.4. The molecule has 0 spiro atoms. The molecule has 0 aliphatic carbocycles. The summed E-state index contributed by atoms with van der Waals surface area (Å²) in [6.07, 6.45) is 1.11. The van der Waals surface area contributed by atoms with Crippen molar-refractivity contribution >= 4 is 17.8 Å². The number of rotatable bonds is 9. The fraction of sp³-hybridized carbons (Fsp3) is 0.375. The van der Waals surface area contributed by atoms with E-state index in [-0.39, 0.29) is 35.4 Å². The fourth-order valence-corrected chi connectivity index (χ4v) is 3.14. The van der Waals surface area contributed by atoms with Crippen LogP contribution in [0, 0.1) is 11.8 Å². The zero-order valence-electron chi connectivity index (χ0n) is 18.2. The van der Waals surface area contributed by atoms with Gasteiger partial charge >= 0.3 is 11.9 Å². The van der Waals surface area contributed by atoms with E-state index in [1.807, 2.05) is 37.3 Å². The predicted octanol–water partition coefficient (Wildman–Crippen LogP) is 3.96. The van der Waals surface area contributed by atoms with E-state index in [1.165, 1.54) is 12.1 Å². The van der Waals surface area contributed by atoms with Crippen LogP contribution in [0.2, 0.25) is 0 Å². The summed E-state index contributed by atoms with van der Waals surface area (Å²) in [4.78, 5) is 33.6. The van der Waals surface area contributed by atoms with Crippen molar-refractivity contribution in [3.8, 4) is 0 Å². The van der Waals surface area contributed by atoms with Crippen molar-refractivity contribution in [1.82, 2.24) is 5.32 Å². The van der Waals surface area contributed by atoms with E-state index in [9.17, 15) is 14.4 Å². The molecule has 2 aromatic carbocycles. The number of hydrogen-bond acceptors (Lipinski definition) is 4. The Kier molecular flexibility index (Phi) is 11.0. The molecule has 2 atom stereocenters. The molecule has 7 heteroatoms. The lowest BCUT2D eigenvalue weighted by molar-refractivity contribution is -0.138. The van der Waals surface area contributed by atoms with Crippen molar-refractivity contribution in [3.63, 3.8) is 0 Å². The van der Waals surface area contributed by atoms with Gasteiger partial charge in [-0.05, 0) is 49.4 Å². The second kappa shape index (κ2) is 13.2. The summed E-state index contributed by atoms with van der Waals surface area (Å²) < 4.78 is 0. The summed E-state index contributed by atoms with van der Waals surface area (Å²) in [7, 11) is 0. The number of hydrogen-bond donors (Lipinski definition) is 4. The number of carboxylic acid groups (broad SMARTS) is 2. The van der Waals surface area contributed by atoms with E-state index >= 15 is 0 Å². The summed E-state index contributed by atoms with van der Waals surface area (Å²) >= 11 is 0. The predicted molar refractivity (Wildman–Crippen MR) is 120 cm³/mol. The highest BCUT2D eigenvalue weighted by atomic mass is 16.4. The van der Waals surface area contributed by atoms with Crippen molar-refractivity contribution in [2.24, 2.45) is 17.6 Å². The second-order valence-corrected chi connectivity index (χ2v) is 7.79. The Morgan fingerprint density at radius 1 is 0.903 bits per heavy atom. The van der Waals surface area contributed by atoms with Gasteiger partial charge in [-0.25, -0.2) is 4.79 Å². The summed E-state index contributed by atoms with van der Waals surface area (Å²) in [6, 6.07) is 15.5. The van der Waals surface area contributed by atoms with Crippen LogP contribution in [0.15, 0.2) is 54.6 Å². The van der Waals surface area contributed by atoms with Gasteiger partial charge in [0.15, 0.2) is 0 Å². The SMILES string of the molecule is CC(C)C[C@H](CN)CC(=O)O.CC(NC(=O)c1ccccc1C(=O)O)c1ccccc1. The first-order valence-electron chi connectivity index (χ1n) is 10.3. The Morgan fingerprint density at radius 3 is 1.94 bits per heavy atom. The average molecular weight is 429 g/mol. The fourth-order valence-electron chi connectivity index (χ4n) is 3.14. The molecule has 2 rings (SSSR count). The monoisotopic (exact) mass is 428 g/mol. The maximum Gasteiger partial charge on any atom is 0.336 e. The standard InChI is InChI=1S/C16H15NO3.C8H17NO2/c1-11(12-7-3-2-4-8-12)17-15(18)13-9-5-6-10-14(13)16(19)20;1-6(2)3-7(5-9)4-8(10)11/h2-11H,1H3,(H,17,18)(H,19,20);6-7H,3-5,9H2,1-2H3,(H,10,11)/t;7-/m.0/s1. The van der Waals surface area contributed by atoms with E-state index in [0.29, 0.717) is 12.5 Å². The molecule has 0 aromatic heterocycles. The first kappa shape index (κ1) is 25.8. The Balaban J connectivity index is 0.000000373. The number of aliphatic carboxylic acids is 1. The molecule has 0 saturated carbocycles. The molecular formula is C24H32N2O5. The number of benzene rings is 2. The lowest BCUT2D eigenvalue weighted by Gasteiger charge is -2.15. The van der Waals surface area contributed by atoms with Crippen LogP contribution in [0.1, 0.15) is 65.9 Å². The van der Waals surface area contributed by atoms with Crippen LogP contribution >= 0.6 is 0 Å². The number of nitrogens with one attached hydrogen (secondary N) is 1. The Labute approximate surface area is 183 Å². The molecule has 0 radical (unpaired) electrons. The average Bonchev–Trinajstić information content (AvgIpc) is 2.73. The highest BCUT2D eigenvalue weighted by Gasteiger charge is 2.17. The van der Waals surface area contributed by atoms with E-state index in [2.05, 4.69) is 19.2 Å². The third-order valence-corrected chi connectivity index (χ3v) is 4.65. The van der Waals surface area contributed by atoms with Crippen LogP contribution < -0.4 is 11.1 Å². The van der Waals surface area contributed by atoms with Crippen molar-refractivity contribution in [3.05, 3.63) is 71.3 Å². The zero-order valence-corrected chi connectivity index (χ0v) is 18.2. The molecule has 0 fully saturated rings. The first-order valence-corrected chi connectivity index (χ1v) is 10.3. The minimum Gasteiger partial charge on any atom is -0.481 e. The molecule has 0 aliphatic heterocycles. The quantitative estimate of drug-likeness (QED) is 0.478. The molecule has 0 bridgehead atoms. The van der Waals surface area contributed by atoms with Crippen LogP contribution in [0.3, 0.4) is 0 Å². The third-order valence-electron chi connectivity index (χ3n) is 4.65. The molecule has 1 unspecified atom stereocenters. The largest absolute Gasteiger partial charge is 0.481 e. The number of carbonyl (C=O) groups is 3. The Morgan fingerprint density at radius 2 is 1.45 bits per heavy atom. The van der Waals surface area contributed by atoms with E-state index in [0.717, 1.165) is 12.0 Å². The third kappa shape index (κ3) is 9.44. The second-order valence-electron chi connectivity index (χ2n) is 7.79. The lowest BCUT2D eigenvalue weighted by atomic mass is 9.94. The summed E-state index contributed by atoms with van der Waals surface area (Å²) in [5.41, 5.74) is 6.55. The van der Waals surface area contributed by atoms with Crippen LogP contribution in [-0.2, 0) is 4.79 Å². The molecule has 0 aliphatic rings. The maximum atomic E-state index is 12.2. The van der Waals surface area contributed by atoms with E-state index in [1.54, 1.807) is 12.1 Å². The van der Waals surface area contributed by atoms with Crippen molar-refractivity contribution in [1.29, 1.82) is 0 Å². The van der Waals surface area contributed by atoms with Crippen LogP contribution in [-0.4, -0.2) is 34.6 Å². The normalized spacial score (nSPS) is 12.3. The van der Waals surface area contributed by atoms with Gasteiger partial charge in [0.2, 0.25) is 0 Å². The number of carboxylic acids is 2. The minimum atomic E-state index is -1.11. The van der Waals surface area contributed by atoms with Crippen LogP contribution in [0.25, 0.3) is 0 Å². The Bertz CT molecular complexity index is 852. The number of aromatic carboxylic acids is 1. The van der Waals surface area contributed by atoms with Crippen molar-refractivity contribution in [2.75, 3.05) is 6.54 Å². The lowest BCUT2D eigenvalue weighted by Crippen LogP contribution is -2.28. The summed E-state index contributed by atoms with van der Waals surface area (Å²) in [5.74, 6) is -1.57. The van der Waals surface area contributed by atoms with Crippen LogP contribution in [0.5, 0.6) is 0 Å². The molecule has 0 saturated heterocycles. The van der Waals surface area contributed by atoms with Crippen molar-refractivity contribution < 1.29 is 24.6 Å². The van der Waals surface area contributed by atoms with Gasteiger partial charge in [-0.15, -0.1) is 0 Å². The maximum absolute atomic E-state index is 12.2. The topological polar surface area (TPSA) is 130 Å². The highest BCUT2D eigenvalue weighted by Crippen LogP contribution is 2.15. The van der Waals surface area contributed by atoms with Gasteiger partial charge in [0.05, 0.1) is 17.2 Å². The van der Waals surface area contributed by atoms with Gasteiger partial charge in [0.25, 0.3) is 5.91 Å². The molecular weight excluding hydrogens is 396 g/mol. The highest BCUT2D eigenvalue weighted by molar-refractivity contribution is 6.04. The van der Waals surface area contributed by atoms with Crippen molar-refractivity contribution in [2.45, 2.75) is 39.7 Å². The molecule has 7 nitrogen and oxygen atoms in total. The molecule has 0 heterocycles. The number of nitrogens with two attached hydrogens (primary N) is 1. The van der Waals surface area contributed by atoms with Gasteiger partial charge in [-0.3, -0.25) is 9.59 Å². The van der Waals surface area contributed by atoms with E-state index in [4.69, 9.17) is 15.9 Å². The minimum absolute atomic E-state index is 0.00487. The first-order chi connectivity index (χ1) is 14.6. The molecule has 168 valence electrons. The summed E-state index contributed by atoms with van der Waals surface area (Å²) in [6.45, 7) is 6.48. The van der Waals surface area contributed by atoms with Gasteiger partial charge in [0.1, 0.15) is 0 Å². The number of carbonyl (C=O) groups excluding carboxylic acids is 1. The molecule has 2 aromatic rings. The van der Waals surface area contributed by atoms with Gasteiger partial charge in [-0.1, -0.05) is 56.3 Å². The Hall–Kier alpha value is -3.19. The molecule has 5 N–H and O–H groups in total. The van der Waals surface area contributed by atoms with Gasteiger partial charge < -0.3 is 21.3 Å². The molecule has 1 amide bonds.